The van der Waals surface area contributed by atoms with Crippen LogP contribution in [0.4, 0.5) is 4.79 Å². The number of hydrogen-bond acceptors (Lipinski definition) is 7. The van der Waals surface area contributed by atoms with Gasteiger partial charge >= 0.3 is 12.1 Å². The first-order valence-corrected chi connectivity index (χ1v) is 10.2. The molecule has 1 aromatic heterocycles. The van der Waals surface area contributed by atoms with Gasteiger partial charge in [-0.1, -0.05) is 41.9 Å². The predicted molar refractivity (Wildman–Crippen MR) is 106 cm³/mol. The summed E-state index contributed by atoms with van der Waals surface area (Å²) < 4.78 is 10.6. The highest BCUT2D eigenvalue weighted by atomic mass is 35.5. The number of hydrogen-bond donors (Lipinski definition) is 1. The molecular weight excluding hydrogens is 402 g/mol. The summed E-state index contributed by atoms with van der Waals surface area (Å²) in [6.45, 7) is 1.52. The maximum absolute atomic E-state index is 12.3. The molecule has 1 unspecified atom stereocenters. The summed E-state index contributed by atoms with van der Waals surface area (Å²) in [5.74, 6) is -0.311. The third-order valence-corrected chi connectivity index (χ3v) is 5.64. The van der Waals surface area contributed by atoms with E-state index in [-0.39, 0.29) is 19.1 Å². The third kappa shape index (κ3) is 5.21. The molecule has 0 bridgehead atoms. The number of aromatic nitrogens is 1. The quantitative estimate of drug-likeness (QED) is 0.718. The Morgan fingerprint density at radius 1 is 1.36 bits per heavy atom. The number of nitrogens with one attached hydrogen (secondary N) is 1. The number of carbonyl (C=O) groups excluding carboxylic acids is 2. The van der Waals surface area contributed by atoms with E-state index in [1.807, 2.05) is 40.6 Å². The number of carbonyl (C=O) groups is 2. The van der Waals surface area contributed by atoms with E-state index in [4.69, 9.17) is 21.1 Å². The molecule has 1 aromatic carbocycles. The molecule has 1 fully saturated rings. The van der Waals surface area contributed by atoms with Crippen LogP contribution < -0.4 is 5.32 Å². The van der Waals surface area contributed by atoms with Gasteiger partial charge in [0.05, 0.1) is 24.9 Å². The standard InChI is InChI=1S/C19H22ClN3O4S/c1-26-18(25)22-19(15-12-28-17(20)21-15)8-5-9-23(13-19)10-16(24)27-11-14-6-3-2-4-7-14/h2-4,6-7,12H,5,8-11,13H2,1H3,(H,22,25). The van der Waals surface area contributed by atoms with Gasteiger partial charge in [-0.3, -0.25) is 9.69 Å². The molecule has 150 valence electrons. The molecule has 9 heteroatoms. The number of benzene rings is 1. The van der Waals surface area contributed by atoms with Gasteiger partial charge in [0.25, 0.3) is 0 Å². The first-order valence-electron chi connectivity index (χ1n) is 8.90. The largest absolute Gasteiger partial charge is 0.460 e. The summed E-state index contributed by atoms with van der Waals surface area (Å²) >= 11 is 7.31. The van der Waals surface area contributed by atoms with E-state index < -0.39 is 11.6 Å². The fraction of sp³-hybridized carbons (Fsp3) is 0.421. The monoisotopic (exact) mass is 423 g/mol. The van der Waals surface area contributed by atoms with Crippen molar-refractivity contribution in [3.8, 4) is 0 Å². The first-order chi connectivity index (χ1) is 13.5. The fourth-order valence-corrected chi connectivity index (χ4v) is 4.20. The molecule has 1 saturated heterocycles. The molecular formula is C19H22ClN3O4S. The zero-order chi connectivity index (χ0) is 20.0. The van der Waals surface area contributed by atoms with Crippen LogP contribution in [0.25, 0.3) is 0 Å². The number of thiazole rings is 1. The minimum atomic E-state index is -0.755. The Kier molecular flexibility index (Phi) is 6.88. The second kappa shape index (κ2) is 9.36. The van der Waals surface area contributed by atoms with Crippen molar-refractivity contribution in [1.82, 2.24) is 15.2 Å². The number of piperidine rings is 1. The smallest absolute Gasteiger partial charge is 0.407 e. The van der Waals surface area contributed by atoms with Gasteiger partial charge in [-0.25, -0.2) is 9.78 Å². The predicted octanol–water partition coefficient (Wildman–Crippen LogP) is 3.19. The first kappa shape index (κ1) is 20.6. The SMILES string of the molecule is COC(=O)NC1(c2csc(Cl)n2)CCCN(CC(=O)OCc2ccccc2)C1. The van der Waals surface area contributed by atoms with E-state index in [2.05, 4.69) is 10.3 Å². The van der Waals surface area contributed by atoms with Crippen LogP contribution in [0.3, 0.4) is 0 Å². The van der Waals surface area contributed by atoms with Crippen LogP contribution in [0.1, 0.15) is 24.1 Å². The van der Waals surface area contributed by atoms with Crippen LogP contribution >= 0.6 is 22.9 Å². The molecule has 0 radical (unpaired) electrons. The lowest BCUT2D eigenvalue weighted by Crippen LogP contribution is -2.57. The molecule has 1 N–H and O–H groups in total. The zero-order valence-corrected chi connectivity index (χ0v) is 17.1. The highest BCUT2D eigenvalue weighted by Crippen LogP contribution is 2.33. The van der Waals surface area contributed by atoms with Crippen molar-refractivity contribution in [3.05, 3.63) is 51.4 Å². The van der Waals surface area contributed by atoms with Crippen molar-refractivity contribution in [2.24, 2.45) is 0 Å². The lowest BCUT2D eigenvalue weighted by atomic mass is 9.86. The fourth-order valence-electron chi connectivity index (χ4n) is 3.34. The second-order valence-corrected chi connectivity index (χ2v) is 8.09. The maximum Gasteiger partial charge on any atom is 0.407 e. The van der Waals surface area contributed by atoms with Gasteiger partial charge in [0.2, 0.25) is 0 Å². The number of amides is 1. The summed E-state index contributed by atoms with van der Waals surface area (Å²) in [7, 11) is 1.32. The lowest BCUT2D eigenvalue weighted by molar-refractivity contribution is -0.146. The van der Waals surface area contributed by atoms with E-state index in [1.165, 1.54) is 18.4 Å². The summed E-state index contributed by atoms with van der Waals surface area (Å²) in [6, 6.07) is 9.54. The second-order valence-electron chi connectivity index (χ2n) is 6.64. The number of likely N-dealkylation sites (tertiary alicyclic amines) is 1. The van der Waals surface area contributed by atoms with Crippen LogP contribution in [0.2, 0.25) is 4.47 Å². The average molecular weight is 424 g/mol. The highest BCUT2D eigenvalue weighted by molar-refractivity contribution is 7.14. The van der Waals surface area contributed by atoms with E-state index in [0.717, 1.165) is 18.5 Å². The van der Waals surface area contributed by atoms with Crippen LogP contribution in [-0.4, -0.2) is 48.7 Å². The van der Waals surface area contributed by atoms with Crippen molar-refractivity contribution < 1.29 is 19.1 Å². The van der Waals surface area contributed by atoms with Gasteiger partial charge < -0.3 is 14.8 Å². The molecule has 3 rings (SSSR count). The summed E-state index contributed by atoms with van der Waals surface area (Å²) in [6.07, 6.45) is 0.917. The molecule has 1 atom stereocenters. The number of nitrogens with zero attached hydrogens (tertiary/aromatic N) is 2. The van der Waals surface area contributed by atoms with Gasteiger partial charge in [-0.15, -0.1) is 11.3 Å². The highest BCUT2D eigenvalue weighted by Gasteiger charge is 2.41. The molecule has 2 aromatic rings. The Bertz CT molecular complexity index is 817. The number of halogens is 1. The molecule has 0 aliphatic carbocycles. The minimum absolute atomic E-state index is 0.134. The summed E-state index contributed by atoms with van der Waals surface area (Å²) in [5.41, 5.74) is 0.859. The lowest BCUT2D eigenvalue weighted by Gasteiger charge is -2.41. The number of alkyl carbamates (subject to hydrolysis) is 1. The molecule has 1 amide bonds. The Labute approximate surface area is 172 Å². The van der Waals surface area contributed by atoms with E-state index in [1.54, 1.807) is 0 Å². The topological polar surface area (TPSA) is 80.8 Å². The number of methoxy groups -OCH3 is 1. The van der Waals surface area contributed by atoms with Crippen LogP contribution in [-0.2, 0) is 26.4 Å². The van der Waals surface area contributed by atoms with E-state index >= 15 is 0 Å². The number of rotatable bonds is 6. The van der Waals surface area contributed by atoms with Gasteiger partial charge in [-0.05, 0) is 24.9 Å². The van der Waals surface area contributed by atoms with Gasteiger partial charge in [-0.2, -0.15) is 0 Å². The normalized spacial score (nSPS) is 19.8. The van der Waals surface area contributed by atoms with Crippen LogP contribution in [0.5, 0.6) is 0 Å². The minimum Gasteiger partial charge on any atom is -0.460 e. The molecule has 1 aliphatic heterocycles. The van der Waals surface area contributed by atoms with Crippen molar-refractivity contribution in [3.63, 3.8) is 0 Å². The molecule has 7 nitrogen and oxygen atoms in total. The summed E-state index contributed by atoms with van der Waals surface area (Å²) in [4.78, 5) is 30.6. The molecule has 1 aliphatic rings. The van der Waals surface area contributed by atoms with Crippen molar-refractivity contribution in [2.75, 3.05) is 26.7 Å². The Hall–Kier alpha value is -2.16. The Balaban J connectivity index is 1.65. The Morgan fingerprint density at radius 3 is 2.82 bits per heavy atom. The van der Waals surface area contributed by atoms with Crippen molar-refractivity contribution in [1.29, 1.82) is 0 Å². The average Bonchev–Trinajstić information content (AvgIpc) is 3.14. The Morgan fingerprint density at radius 2 is 2.14 bits per heavy atom. The molecule has 28 heavy (non-hydrogen) atoms. The van der Waals surface area contributed by atoms with Crippen LogP contribution in [0.15, 0.2) is 35.7 Å². The van der Waals surface area contributed by atoms with Crippen LogP contribution in [0, 0.1) is 0 Å². The van der Waals surface area contributed by atoms with E-state index in [9.17, 15) is 9.59 Å². The maximum atomic E-state index is 12.3. The van der Waals surface area contributed by atoms with Gasteiger partial charge in [0.15, 0.2) is 4.47 Å². The summed E-state index contributed by atoms with van der Waals surface area (Å²) in [5, 5.41) is 4.73. The van der Waals surface area contributed by atoms with Crippen molar-refractivity contribution >= 4 is 35.0 Å². The van der Waals surface area contributed by atoms with Gasteiger partial charge in [0.1, 0.15) is 6.61 Å². The molecule has 0 saturated carbocycles. The van der Waals surface area contributed by atoms with Crippen molar-refractivity contribution in [2.45, 2.75) is 25.0 Å². The third-order valence-electron chi connectivity index (χ3n) is 4.66. The number of esters is 1. The molecule has 2 heterocycles. The number of ether oxygens (including phenoxy) is 2. The van der Waals surface area contributed by atoms with Gasteiger partial charge in [0, 0.05) is 11.9 Å². The zero-order valence-electron chi connectivity index (χ0n) is 15.5. The molecule has 0 spiro atoms. The van der Waals surface area contributed by atoms with E-state index in [0.29, 0.717) is 23.1 Å².